The number of halogens is 1. The molecule has 1 fully saturated rings. The number of hydrogen-bond acceptors (Lipinski definition) is 4. The number of rotatable bonds is 7. The van der Waals surface area contributed by atoms with E-state index in [0.29, 0.717) is 25.3 Å². The summed E-state index contributed by atoms with van der Waals surface area (Å²) in [7, 11) is 1.98. The van der Waals surface area contributed by atoms with Gasteiger partial charge in [0, 0.05) is 51.0 Å². The maximum Gasteiger partial charge on any atom is 0.191 e. The number of benzene rings is 1. The molecule has 0 amide bonds. The first-order valence-corrected chi connectivity index (χ1v) is 11.3. The monoisotopic (exact) mass is 554 g/mol. The fraction of sp³-hybridized carbons (Fsp3) is 0.583. The minimum absolute atomic E-state index is 0. The number of guanidine groups is 1. The third kappa shape index (κ3) is 7.45. The Hall–Kier alpha value is -1.65. The molecule has 3 rings (SSSR count). The smallest absolute Gasteiger partial charge is 0.191 e. The molecule has 1 saturated heterocycles. The minimum atomic E-state index is 0. The lowest BCUT2D eigenvalue weighted by Crippen LogP contribution is -2.44. The van der Waals surface area contributed by atoms with E-state index in [1.807, 2.05) is 18.7 Å². The second-order valence-corrected chi connectivity index (χ2v) is 8.59. The number of ether oxygens (including phenoxy) is 1. The predicted octanol–water partition coefficient (Wildman–Crippen LogP) is 3.52. The van der Waals surface area contributed by atoms with Crippen molar-refractivity contribution in [1.82, 2.24) is 25.3 Å². The largest absolute Gasteiger partial charge is 0.373 e. The van der Waals surface area contributed by atoms with Gasteiger partial charge in [0.05, 0.1) is 24.4 Å². The lowest BCUT2D eigenvalue weighted by molar-refractivity contribution is -0.0704. The van der Waals surface area contributed by atoms with Crippen LogP contribution in [0.3, 0.4) is 0 Å². The van der Waals surface area contributed by atoms with Gasteiger partial charge in [-0.2, -0.15) is 5.10 Å². The second-order valence-electron chi connectivity index (χ2n) is 8.59. The highest BCUT2D eigenvalue weighted by Crippen LogP contribution is 2.15. The molecular weight excluding hydrogens is 515 g/mol. The molecule has 0 bridgehead atoms. The minimum Gasteiger partial charge on any atom is -0.373 e. The number of morpholine rings is 1. The summed E-state index contributed by atoms with van der Waals surface area (Å²) in [6, 6.07) is 8.81. The Morgan fingerprint density at radius 3 is 2.28 bits per heavy atom. The molecule has 7 nitrogen and oxygen atoms in total. The van der Waals surface area contributed by atoms with E-state index < -0.39 is 0 Å². The molecule has 178 valence electrons. The van der Waals surface area contributed by atoms with Crippen molar-refractivity contribution in [2.45, 2.75) is 66.5 Å². The number of aromatic nitrogens is 2. The molecule has 0 radical (unpaired) electrons. The van der Waals surface area contributed by atoms with Crippen molar-refractivity contribution >= 4 is 29.9 Å². The molecule has 32 heavy (non-hydrogen) atoms. The molecule has 2 N–H and O–H groups in total. The summed E-state index contributed by atoms with van der Waals surface area (Å²) in [6.07, 6.45) is 0.599. The van der Waals surface area contributed by atoms with E-state index in [-0.39, 0.29) is 24.0 Å². The van der Waals surface area contributed by atoms with Crippen LogP contribution >= 0.6 is 24.0 Å². The van der Waals surface area contributed by atoms with Gasteiger partial charge in [-0.1, -0.05) is 24.3 Å². The average molecular weight is 555 g/mol. The van der Waals surface area contributed by atoms with Crippen molar-refractivity contribution in [3.8, 4) is 0 Å². The zero-order valence-electron chi connectivity index (χ0n) is 20.3. The molecule has 2 heterocycles. The molecular formula is C24H39IN6O. The molecule has 8 heteroatoms. The first kappa shape index (κ1) is 26.6. The second kappa shape index (κ2) is 12.6. The van der Waals surface area contributed by atoms with Gasteiger partial charge in [-0.15, -0.1) is 24.0 Å². The normalized spacial score (nSPS) is 19.5. The van der Waals surface area contributed by atoms with Crippen LogP contribution in [0.25, 0.3) is 0 Å². The fourth-order valence-electron chi connectivity index (χ4n) is 4.18. The topological polar surface area (TPSA) is 66.7 Å². The Labute approximate surface area is 210 Å². The van der Waals surface area contributed by atoms with Gasteiger partial charge in [-0.25, -0.2) is 4.99 Å². The number of hydrogen-bond donors (Lipinski definition) is 2. The highest BCUT2D eigenvalue weighted by Gasteiger charge is 2.21. The molecule has 1 aromatic heterocycles. The fourth-order valence-corrected chi connectivity index (χ4v) is 4.18. The molecule has 1 aliphatic rings. The van der Waals surface area contributed by atoms with E-state index in [4.69, 9.17) is 9.73 Å². The van der Waals surface area contributed by atoms with Gasteiger partial charge in [0.2, 0.25) is 0 Å². The predicted molar refractivity (Wildman–Crippen MR) is 141 cm³/mol. The van der Waals surface area contributed by atoms with Gasteiger partial charge >= 0.3 is 0 Å². The first-order chi connectivity index (χ1) is 14.9. The Balaban J connectivity index is 0.00000363. The van der Waals surface area contributed by atoms with Crippen LogP contribution in [0.1, 0.15) is 48.8 Å². The highest BCUT2D eigenvalue weighted by molar-refractivity contribution is 14.0. The van der Waals surface area contributed by atoms with Crippen molar-refractivity contribution in [3.05, 3.63) is 52.3 Å². The lowest BCUT2D eigenvalue weighted by Gasteiger charge is -2.35. The molecule has 2 unspecified atom stereocenters. The summed E-state index contributed by atoms with van der Waals surface area (Å²) < 4.78 is 7.76. The van der Waals surface area contributed by atoms with Crippen LogP contribution in [-0.2, 0) is 31.4 Å². The van der Waals surface area contributed by atoms with Crippen molar-refractivity contribution < 1.29 is 4.74 Å². The number of nitrogens with zero attached hydrogens (tertiary/aromatic N) is 4. The van der Waals surface area contributed by atoms with Gasteiger partial charge in [-0.05, 0) is 45.7 Å². The number of nitrogens with one attached hydrogen (secondary N) is 2. The molecule has 1 aliphatic heterocycles. The quantitative estimate of drug-likeness (QED) is 0.312. The SMILES string of the molecule is CCNC(=NCc1ccc(CN2CC(C)OC(C)C2)cc1)NCc1c(C)nn(C)c1C.I. The van der Waals surface area contributed by atoms with E-state index in [1.54, 1.807) is 0 Å². The van der Waals surface area contributed by atoms with Crippen LogP contribution in [0.2, 0.25) is 0 Å². The molecule has 1 aromatic carbocycles. The summed E-state index contributed by atoms with van der Waals surface area (Å²) in [6.45, 7) is 15.7. The van der Waals surface area contributed by atoms with Crippen molar-refractivity contribution in [1.29, 1.82) is 0 Å². The first-order valence-electron chi connectivity index (χ1n) is 11.3. The van der Waals surface area contributed by atoms with Gasteiger partial charge in [0.15, 0.2) is 5.96 Å². The Kier molecular flexibility index (Phi) is 10.4. The van der Waals surface area contributed by atoms with E-state index >= 15 is 0 Å². The zero-order valence-corrected chi connectivity index (χ0v) is 22.6. The van der Waals surface area contributed by atoms with Gasteiger partial charge in [0.1, 0.15) is 0 Å². The molecule has 2 atom stereocenters. The summed E-state index contributed by atoms with van der Waals surface area (Å²) in [4.78, 5) is 7.24. The molecule has 0 aliphatic carbocycles. The standard InChI is InChI=1S/C24H38N6O.HI/c1-7-25-24(27-13-23-19(4)28-29(6)20(23)5)26-12-21-8-10-22(11-9-21)16-30-14-17(2)31-18(3)15-30;/h8-11,17-18H,7,12-16H2,1-6H3,(H2,25,26,27);1H. The van der Waals surface area contributed by atoms with Crippen LogP contribution in [-0.4, -0.2) is 52.5 Å². The van der Waals surface area contributed by atoms with Gasteiger partial charge in [0.25, 0.3) is 0 Å². The molecule has 0 spiro atoms. The van der Waals surface area contributed by atoms with Crippen LogP contribution in [0.5, 0.6) is 0 Å². The summed E-state index contributed by atoms with van der Waals surface area (Å²) >= 11 is 0. The van der Waals surface area contributed by atoms with E-state index in [9.17, 15) is 0 Å². The van der Waals surface area contributed by atoms with Crippen LogP contribution in [0.4, 0.5) is 0 Å². The highest BCUT2D eigenvalue weighted by atomic mass is 127. The van der Waals surface area contributed by atoms with Crippen molar-refractivity contribution in [2.75, 3.05) is 19.6 Å². The Bertz CT molecular complexity index is 869. The third-order valence-electron chi connectivity index (χ3n) is 5.78. The Morgan fingerprint density at radius 2 is 1.72 bits per heavy atom. The number of aliphatic imine (C=N–C) groups is 1. The Morgan fingerprint density at radius 1 is 1.09 bits per heavy atom. The van der Waals surface area contributed by atoms with Crippen LogP contribution in [0, 0.1) is 13.8 Å². The summed E-state index contributed by atoms with van der Waals surface area (Å²) in [5.74, 6) is 0.825. The average Bonchev–Trinajstić information content (AvgIpc) is 2.96. The maximum absolute atomic E-state index is 5.84. The van der Waals surface area contributed by atoms with E-state index in [0.717, 1.165) is 37.8 Å². The van der Waals surface area contributed by atoms with Crippen LogP contribution < -0.4 is 10.6 Å². The van der Waals surface area contributed by atoms with E-state index in [2.05, 4.69) is 72.6 Å². The summed E-state index contributed by atoms with van der Waals surface area (Å²) in [5.41, 5.74) is 6.01. The van der Waals surface area contributed by atoms with Crippen molar-refractivity contribution in [2.24, 2.45) is 12.0 Å². The summed E-state index contributed by atoms with van der Waals surface area (Å²) in [5, 5.41) is 11.3. The third-order valence-corrected chi connectivity index (χ3v) is 5.78. The number of aryl methyl sites for hydroxylation is 2. The van der Waals surface area contributed by atoms with Crippen molar-refractivity contribution in [3.63, 3.8) is 0 Å². The molecule has 0 saturated carbocycles. The van der Waals surface area contributed by atoms with E-state index in [1.165, 1.54) is 22.4 Å². The lowest BCUT2D eigenvalue weighted by atomic mass is 10.1. The van der Waals surface area contributed by atoms with Gasteiger partial charge in [-0.3, -0.25) is 9.58 Å². The maximum atomic E-state index is 5.84. The van der Waals surface area contributed by atoms with Gasteiger partial charge < -0.3 is 15.4 Å². The zero-order chi connectivity index (χ0) is 22.4. The van der Waals surface area contributed by atoms with Crippen LogP contribution in [0.15, 0.2) is 29.3 Å². The molecule has 2 aromatic rings.